The van der Waals surface area contributed by atoms with E-state index in [9.17, 15) is 4.79 Å². The van der Waals surface area contributed by atoms with Crippen LogP contribution in [0.1, 0.15) is 90.3 Å². The number of methoxy groups -OCH3 is 2. The van der Waals surface area contributed by atoms with Gasteiger partial charge in [0.05, 0.1) is 13.7 Å². The van der Waals surface area contributed by atoms with Crippen LogP contribution in [-0.2, 0) is 36.0 Å². The molecule has 1 atom stereocenters. The molecule has 6 heteroatoms. The Kier molecular flexibility index (Phi) is 12.2. The first kappa shape index (κ1) is 28.9. The number of ether oxygens (including phenoxy) is 2. The molecule has 0 fully saturated rings. The maximum absolute atomic E-state index is 11.7. The predicted molar refractivity (Wildman–Crippen MR) is 134 cm³/mol. The normalized spacial score (nSPS) is 13.2. The van der Waals surface area contributed by atoms with Gasteiger partial charge in [0.25, 0.3) is 0 Å². The van der Waals surface area contributed by atoms with Gasteiger partial charge in [-0.1, -0.05) is 66.5 Å². The minimum Gasteiger partial charge on any atom is -0.469 e. The van der Waals surface area contributed by atoms with Gasteiger partial charge < -0.3 is 18.5 Å². The summed E-state index contributed by atoms with van der Waals surface area (Å²) in [5, 5.41) is 0. The topological polar surface area (TPSA) is 54.0 Å². The van der Waals surface area contributed by atoms with Gasteiger partial charge in [-0.05, 0) is 35.7 Å². The molecule has 1 unspecified atom stereocenters. The molecule has 32 heavy (non-hydrogen) atoms. The highest BCUT2D eigenvalue weighted by Crippen LogP contribution is 2.46. The molecule has 1 aromatic rings. The van der Waals surface area contributed by atoms with Crippen molar-refractivity contribution >= 4 is 14.3 Å². The molecule has 0 aliphatic heterocycles. The number of rotatable bonds is 13. The molecule has 0 radical (unpaired) electrons. The monoisotopic (exact) mass is 468 g/mol. The molecular weight excluding hydrogens is 423 g/mol. The summed E-state index contributed by atoms with van der Waals surface area (Å²) in [4.78, 5) is 11.7. The fraction of sp³-hybridized carbons (Fsp3) is 0.731. The Labute approximate surface area is 197 Å². The highest BCUT2D eigenvalue weighted by molar-refractivity contribution is 7.46. The second-order valence-electron chi connectivity index (χ2n) is 10.4. The molecule has 0 amide bonds. The molecule has 5 nitrogen and oxygen atoms in total. The molecule has 1 rings (SSSR count). The Hall–Kier alpha value is -1.16. The van der Waals surface area contributed by atoms with Crippen LogP contribution in [0.25, 0.3) is 0 Å². The number of carbonyl (C=O) groups is 1. The van der Waals surface area contributed by atoms with Crippen molar-refractivity contribution in [3.05, 3.63) is 28.8 Å². The lowest BCUT2D eigenvalue weighted by atomic mass is 9.78. The van der Waals surface area contributed by atoms with E-state index in [1.165, 1.54) is 7.11 Å². The van der Waals surface area contributed by atoms with Crippen LogP contribution in [0.5, 0.6) is 5.75 Å². The quantitative estimate of drug-likeness (QED) is 0.178. The summed E-state index contributed by atoms with van der Waals surface area (Å²) in [6, 6.07) is 4.37. The third-order valence-corrected chi connectivity index (χ3v) is 6.33. The third kappa shape index (κ3) is 10.2. The molecule has 0 N–H and O–H groups in total. The van der Waals surface area contributed by atoms with E-state index < -0.39 is 8.38 Å². The van der Waals surface area contributed by atoms with Crippen LogP contribution in [0.3, 0.4) is 0 Å². The van der Waals surface area contributed by atoms with Crippen molar-refractivity contribution in [3.63, 3.8) is 0 Å². The summed E-state index contributed by atoms with van der Waals surface area (Å²) in [5.41, 5.74) is 3.24. The van der Waals surface area contributed by atoms with Gasteiger partial charge >= 0.3 is 5.97 Å². The van der Waals surface area contributed by atoms with Crippen LogP contribution in [0, 0.1) is 0 Å². The van der Waals surface area contributed by atoms with E-state index in [2.05, 4.69) is 53.7 Å². The highest BCUT2D eigenvalue weighted by atomic mass is 31.2. The van der Waals surface area contributed by atoms with Crippen LogP contribution in [0.15, 0.2) is 12.1 Å². The molecular formula is C26H45O5P. The van der Waals surface area contributed by atoms with Crippen LogP contribution < -0.4 is 4.52 Å². The lowest BCUT2D eigenvalue weighted by Crippen LogP contribution is -2.20. The van der Waals surface area contributed by atoms with E-state index in [4.69, 9.17) is 18.5 Å². The van der Waals surface area contributed by atoms with Crippen LogP contribution >= 0.6 is 8.38 Å². The van der Waals surface area contributed by atoms with E-state index in [0.29, 0.717) is 19.4 Å². The number of unbranched alkanes of at least 4 members (excludes halogenated alkanes) is 3. The third-order valence-electron chi connectivity index (χ3n) is 5.35. The van der Waals surface area contributed by atoms with Gasteiger partial charge in [0.1, 0.15) is 5.75 Å². The standard InChI is InChI=1S/C26H45O5P/c1-25(2,3)21-18-20(14-15-23(27)29-8)19-22(26(4,5)6)24(21)31-32(9)30-17-13-11-10-12-16-28-7/h18-19H,10-17H2,1-9H3. The van der Waals surface area contributed by atoms with E-state index in [0.717, 1.165) is 54.7 Å². The van der Waals surface area contributed by atoms with Crippen molar-refractivity contribution in [2.45, 2.75) is 90.9 Å². The predicted octanol–water partition coefficient (Wildman–Crippen LogP) is 6.93. The first-order valence-corrected chi connectivity index (χ1v) is 13.3. The maximum Gasteiger partial charge on any atom is 0.305 e. The van der Waals surface area contributed by atoms with Gasteiger partial charge in [-0.2, -0.15) is 0 Å². The zero-order chi connectivity index (χ0) is 24.4. The van der Waals surface area contributed by atoms with Gasteiger partial charge in [0, 0.05) is 37.9 Å². The van der Waals surface area contributed by atoms with E-state index in [-0.39, 0.29) is 16.8 Å². The Bertz CT molecular complexity index is 668. The summed E-state index contributed by atoms with van der Waals surface area (Å²) < 4.78 is 22.5. The van der Waals surface area contributed by atoms with Crippen molar-refractivity contribution in [2.75, 3.05) is 34.1 Å². The minimum atomic E-state index is -1.04. The average molecular weight is 469 g/mol. The van der Waals surface area contributed by atoms with Gasteiger partial charge in [-0.3, -0.25) is 4.79 Å². The highest BCUT2D eigenvalue weighted by Gasteiger charge is 2.29. The van der Waals surface area contributed by atoms with E-state index >= 15 is 0 Å². The molecule has 0 heterocycles. The van der Waals surface area contributed by atoms with Crippen LogP contribution in [0.4, 0.5) is 0 Å². The number of esters is 1. The summed E-state index contributed by atoms with van der Waals surface area (Å²) >= 11 is 0. The Morgan fingerprint density at radius 1 is 0.875 bits per heavy atom. The lowest BCUT2D eigenvalue weighted by Gasteiger charge is -2.31. The van der Waals surface area contributed by atoms with E-state index in [1.807, 2.05) is 6.66 Å². The van der Waals surface area contributed by atoms with Crippen LogP contribution in [-0.4, -0.2) is 40.1 Å². The summed E-state index contributed by atoms with van der Waals surface area (Å²) in [5.74, 6) is 0.744. The molecule has 0 saturated carbocycles. The summed E-state index contributed by atoms with van der Waals surface area (Å²) in [7, 11) is 2.14. The SMILES string of the molecule is COCCCCCCOP(C)Oc1c(C(C)(C)C)cc(CCC(=O)OC)cc1C(C)(C)C. The van der Waals surface area contributed by atoms with Crippen molar-refractivity contribution in [1.82, 2.24) is 0 Å². The van der Waals surface area contributed by atoms with Crippen molar-refractivity contribution < 1.29 is 23.3 Å². The summed E-state index contributed by atoms with van der Waals surface area (Å²) in [6.07, 6.45) is 5.46. The van der Waals surface area contributed by atoms with Crippen LogP contribution in [0.2, 0.25) is 0 Å². The molecule has 1 aromatic carbocycles. The fourth-order valence-electron chi connectivity index (χ4n) is 3.44. The van der Waals surface area contributed by atoms with Crippen molar-refractivity contribution in [1.29, 1.82) is 0 Å². The Morgan fingerprint density at radius 2 is 1.41 bits per heavy atom. The van der Waals surface area contributed by atoms with Crippen molar-refractivity contribution in [3.8, 4) is 5.75 Å². The smallest absolute Gasteiger partial charge is 0.305 e. The van der Waals surface area contributed by atoms with Crippen molar-refractivity contribution in [2.24, 2.45) is 0 Å². The Morgan fingerprint density at radius 3 is 1.88 bits per heavy atom. The van der Waals surface area contributed by atoms with Gasteiger partial charge in [-0.15, -0.1) is 0 Å². The maximum atomic E-state index is 11.7. The molecule has 184 valence electrons. The molecule has 0 spiro atoms. The van der Waals surface area contributed by atoms with Gasteiger partial charge in [-0.25, -0.2) is 0 Å². The average Bonchev–Trinajstić information content (AvgIpc) is 2.70. The summed E-state index contributed by atoms with van der Waals surface area (Å²) in [6.45, 7) is 16.8. The Balaban J connectivity index is 3.03. The molecule has 0 aliphatic rings. The number of aryl methyl sites for hydroxylation is 1. The molecule has 0 bridgehead atoms. The lowest BCUT2D eigenvalue weighted by molar-refractivity contribution is -0.140. The minimum absolute atomic E-state index is 0.103. The second kappa shape index (κ2) is 13.5. The number of carbonyl (C=O) groups excluding carboxylic acids is 1. The number of benzene rings is 1. The second-order valence-corrected chi connectivity index (χ2v) is 11.7. The first-order valence-electron chi connectivity index (χ1n) is 11.7. The zero-order valence-corrected chi connectivity index (χ0v) is 22.7. The van der Waals surface area contributed by atoms with Gasteiger partial charge in [0.2, 0.25) is 8.38 Å². The fourth-order valence-corrected chi connectivity index (χ4v) is 4.34. The number of hydrogen-bond donors (Lipinski definition) is 0. The zero-order valence-electron chi connectivity index (χ0n) is 21.8. The number of hydrogen-bond acceptors (Lipinski definition) is 5. The first-order chi connectivity index (χ1) is 14.9. The molecule has 0 aromatic heterocycles. The largest absolute Gasteiger partial charge is 0.469 e. The van der Waals surface area contributed by atoms with E-state index in [1.54, 1.807) is 7.11 Å². The van der Waals surface area contributed by atoms with Gasteiger partial charge in [0.15, 0.2) is 0 Å². The molecule has 0 aliphatic carbocycles. The molecule has 0 saturated heterocycles.